The molecule has 0 fully saturated rings. The van der Waals surface area contributed by atoms with Crippen LogP contribution in [0.3, 0.4) is 0 Å². The fourth-order valence-corrected chi connectivity index (χ4v) is 6.08. The molecule has 1 aliphatic rings. The molecule has 0 saturated heterocycles. The van der Waals surface area contributed by atoms with E-state index < -0.39 is 23.5 Å². The van der Waals surface area contributed by atoms with Gasteiger partial charge in [-0.3, -0.25) is 0 Å². The Kier molecular flexibility index (Phi) is 14.6. The van der Waals surface area contributed by atoms with E-state index in [2.05, 4.69) is 82.3 Å². The fourth-order valence-electron chi connectivity index (χ4n) is 5.31. The van der Waals surface area contributed by atoms with Crippen LogP contribution in [0, 0.1) is 19.9 Å². The molecule has 5 aromatic carbocycles. The van der Waals surface area contributed by atoms with Gasteiger partial charge in [0, 0.05) is 0 Å². The molecule has 0 unspecified atom stereocenters. The fraction of sp³-hybridized carbons (Fsp3) is 0.211. The Labute approximate surface area is 299 Å². The number of rotatable bonds is 3. The molecule has 6 rings (SSSR count). The molecule has 0 N–H and O–H groups in total. The molecule has 246 valence electrons. The quantitative estimate of drug-likeness (QED) is 0.175. The summed E-state index contributed by atoms with van der Waals surface area (Å²) in [5, 5.41) is 0. The molecule has 0 aliphatic heterocycles. The van der Waals surface area contributed by atoms with Gasteiger partial charge in [0.1, 0.15) is 0 Å². The van der Waals surface area contributed by atoms with E-state index in [0.29, 0.717) is 9.12 Å². The molecule has 0 amide bonds. The summed E-state index contributed by atoms with van der Waals surface area (Å²) in [6, 6.07) is 31.8. The number of benzene rings is 4. The molecule has 47 heavy (non-hydrogen) atoms. The minimum absolute atomic E-state index is 0. The molecule has 0 heterocycles. The summed E-state index contributed by atoms with van der Waals surface area (Å²) in [5.74, 6) is 0.675. The zero-order chi connectivity index (χ0) is 32.9. The van der Waals surface area contributed by atoms with E-state index in [4.69, 9.17) is 0 Å². The van der Waals surface area contributed by atoms with Crippen LogP contribution >= 0.6 is 0 Å². The number of fused-ring (bicyclic) bond motifs is 3. The molecule has 0 saturated carbocycles. The van der Waals surface area contributed by atoms with Gasteiger partial charge < -0.3 is 24.8 Å². The van der Waals surface area contributed by atoms with E-state index in [1.54, 1.807) is 0 Å². The molecule has 1 aliphatic carbocycles. The Bertz CT molecular complexity index is 1680. The standard InChI is InChI=1S/C15H8F6.C13H9.C10H15.2ClH.Zr/c16-14(17,18)12-5-1-3-10(8-12)7-11-4-2-6-13(9-11)15(19,20)21;1-3-7-12-10(5-1)9-11-6-2-4-8-13(11)12;1-7(2)10-6-8(3)5-9(10)4;;;/h1-6,8-9H;1-5,7-8H,9H2;5-7H,1-4H3;2*1H;/q;2*-1;;;+2/p-2. The van der Waals surface area contributed by atoms with Crippen molar-refractivity contribution in [1.82, 2.24) is 0 Å². The normalized spacial score (nSPS) is 11.5. The predicted octanol–water partition coefficient (Wildman–Crippen LogP) is 5.05. The third kappa shape index (κ3) is 10.6. The molecule has 0 radical (unpaired) electrons. The first-order chi connectivity index (χ1) is 21.1. The second-order valence-corrected chi connectivity index (χ2v) is 12.5. The Morgan fingerprint density at radius 2 is 1.26 bits per heavy atom. The largest absolute Gasteiger partial charge is 1.00 e. The summed E-state index contributed by atoms with van der Waals surface area (Å²) in [5.41, 5.74) is 8.73. The summed E-state index contributed by atoms with van der Waals surface area (Å²) in [6.07, 6.45) is -7.92. The summed E-state index contributed by atoms with van der Waals surface area (Å²) in [4.78, 5) is 0. The average Bonchev–Trinajstić information content (AvgIpc) is 3.55. The summed E-state index contributed by atoms with van der Waals surface area (Å²) in [6.45, 7) is 8.81. The SMILES string of the molecule is Cc1cc(C(C)C)c(C)[cH-]1.FC(F)(F)c1cccc([C](=[Zr+2])c2cccc(C(F)(F)F)c2)c1.[Cl-].[Cl-].[c-]1cccc2c1Cc1ccccc1-2. The number of halogens is 8. The summed E-state index contributed by atoms with van der Waals surface area (Å²) < 4.78 is 76.7. The topological polar surface area (TPSA) is 0 Å². The summed E-state index contributed by atoms with van der Waals surface area (Å²) >= 11 is 0.729. The van der Waals surface area contributed by atoms with E-state index in [1.165, 1.54) is 63.2 Å². The van der Waals surface area contributed by atoms with Crippen LogP contribution in [0.2, 0.25) is 0 Å². The van der Waals surface area contributed by atoms with Gasteiger partial charge in [0.05, 0.1) is 0 Å². The summed E-state index contributed by atoms with van der Waals surface area (Å²) in [7, 11) is 0. The van der Waals surface area contributed by atoms with Crippen molar-refractivity contribution in [2.75, 3.05) is 0 Å². The second-order valence-electron chi connectivity index (χ2n) is 11.3. The minimum Gasteiger partial charge on any atom is -1.00 e. The van der Waals surface area contributed by atoms with Crippen LogP contribution in [0.4, 0.5) is 26.3 Å². The van der Waals surface area contributed by atoms with E-state index in [0.717, 1.165) is 54.9 Å². The van der Waals surface area contributed by atoms with Gasteiger partial charge in [0.2, 0.25) is 0 Å². The van der Waals surface area contributed by atoms with Gasteiger partial charge in [-0.15, -0.1) is 5.56 Å². The predicted molar refractivity (Wildman–Crippen MR) is 165 cm³/mol. The molecule has 5 aromatic rings. The molecule has 0 atom stereocenters. The first kappa shape index (κ1) is 40.3. The van der Waals surface area contributed by atoms with E-state index in [-0.39, 0.29) is 35.9 Å². The molecular formula is C38H32Cl2F6Zr-2. The maximum Gasteiger partial charge on any atom is -0.0253 e. The Morgan fingerprint density at radius 3 is 1.72 bits per heavy atom. The molecule has 0 aromatic heterocycles. The van der Waals surface area contributed by atoms with Gasteiger partial charge in [-0.1, -0.05) is 69.0 Å². The van der Waals surface area contributed by atoms with Gasteiger partial charge in [-0.05, 0) is 6.42 Å². The molecule has 0 nitrogen and oxygen atoms in total. The van der Waals surface area contributed by atoms with Crippen LogP contribution in [0.1, 0.15) is 69.8 Å². The van der Waals surface area contributed by atoms with Crippen molar-refractivity contribution in [1.29, 1.82) is 0 Å². The Balaban J connectivity index is 0.000000261. The van der Waals surface area contributed by atoms with E-state index in [1.807, 2.05) is 6.07 Å². The van der Waals surface area contributed by atoms with E-state index >= 15 is 0 Å². The van der Waals surface area contributed by atoms with E-state index in [9.17, 15) is 26.3 Å². The zero-order valence-corrected chi connectivity index (χ0v) is 30.1. The van der Waals surface area contributed by atoms with Crippen LogP contribution in [-0.4, -0.2) is 3.21 Å². The minimum atomic E-state index is -4.49. The third-order valence-electron chi connectivity index (χ3n) is 7.48. The molecule has 9 heteroatoms. The van der Waals surface area contributed by atoms with Crippen molar-refractivity contribution in [2.24, 2.45) is 0 Å². The zero-order valence-electron chi connectivity index (χ0n) is 26.1. The van der Waals surface area contributed by atoms with Crippen LogP contribution in [0.5, 0.6) is 0 Å². The van der Waals surface area contributed by atoms with Crippen molar-refractivity contribution < 1.29 is 75.4 Å². The molecule has 0 spiro atoms. The van der Waals surface area contributed by atoms with Crippen LogP contribution in [0.25, 0.3) is 11.1 Å². The van der Waals surface area contributed by atoms with Crippen molar-refractivity contribution in [3.8, 4) is 11.1 Å². The monoisotopic (exact) mass is 762 g/mol. The van der Waals surface area contributed by atoms with Gasteiger partial charge in [0.25, 0.3) is 0 Å². The van der Waals surface area contributed by atoms with Crippen LogP contribution in [-0.2, 0) is 43.0 Å². The average molecular weight is 765 g/mol. The van der Waals surface area contributed by atoms with Crippen molar-refractivity contribution >= 4 is 3.21 Å². The smallest absolute Gasteiger partial charge is 0.0253 e. The molecule has 0 bridgehead atoms. The first-order valence-corrected chi connectivity index (χ1v) is 15.6. The second kappa shape index (κ2) is 17.0. The van der Waals surface area contributed by atoms with Crippen LogP contribution < -0.4 is 24.8 Å². The number of alkyl halides is 6. The van der Waals surface area contributed by atoms with Gasteiger partial charge in [-0.25, -0.2) is 6.07 Å². The number of aryl methyl sites for hydroxylation is 2. The molecular weight excluding hydrogens is 733 g/mol. The first-order valence-electron chi connectivity index (χ1n) is 14.4. The maximum absolute atomic E-state index is 12.7. The third-order valence-corrected chi connectivity index (χ3v) is 8.90. The Morgan fingerprint density at radius 1 is 0.723 bits per heavy atom. The van der Waals surface area contributed by atoms with Crippen molar-refractivity contribution in [3.05, 3.63) is 159 Å². The van der Waals surface area contributed by atoms with Crippen molar-refractivity contribution in [3.63, 3.8) is 0 Å². The maximum atomic E-state index is 12.7. The van der Waals surface area contributed by atoms with Gasteiger partial charge >= 0.3 is 137 Å². The van der Waals surface area contributed by atoms with Gasteiger partial charge in [0.15, 0.2) is 0 Å². The van der Waals surface area contributed by atoms with Gasteiger partial charge in [-0.2, -0.15) is 52.6 Å². The Hall–Kier alpha value is -2.86. The number of hydrogen-bond acceptors (Lipinski definition) is 0. The number of hydrogen-bond donors (Lipinski definition) is 0. The van der Waals surface area contributed by atoms with Crippen molar-refractivity contribution in [2.45, 2.75) is 52.4 Å². The van der Waals surface area contributed by atoms with Crippen LogP contribution in [0.15, 0.2) is 103 Å².